The minimum Gasteiger partial charge on any atom is -0.388 e. The van der Waals surface area contributed by atoms with Gasteiger partial charge >= 0.3 is 0 Å². The molecule has 1 saturated heterocycles. The number of hydrogen-bond donors (Lipinski definition) is 1. The summed E-state index contributed by atoms with van der Waals surface area (Å²) in [6.07, 6.45) is 3.95. The molecule has 0 spiro atoms. The summed E-state index contributed by atoms with van der Waals surface area (Å²) in [4.78, 5) is 11.0. The van der Waals surface area contributed by atoms with E-state index in [1.54, 1.807) is 6.92 Å². The van der Waals surface area contributed by atoms with Crippen molar-refractivity contribution in [3.63, 3.8) is 0 Å². The van der Waals surface area contributed by atoms with Crippen LogP contribution >= 0.6 is 0 Å². The molecule has 1 aromatic carbocycles. The maximum atomic E-state index is 11.0. The molecule has 0 radical (unpaired) electrons. The van der Waals surface area contributed by atoms with Crippen molar-refractivity contribution in [2.24, 2.45) is 0 Å². The highest BCUT2D eigenvalue weighted by atomic mass is 16.5. The summed E-state index contributed by atoms with van der Waals surface area (Å²) in [6, 6.07) is 8.47. The molecule has 0 aliphatic carbocycles. The molecule has 0 amide bonds. The Kier molecular flexibility index (Phi) is 4.46. The first-order chi connectivity index (χ1) is 12.5. The number of aromatic nitrogens is 3. The van der Waals surface area contributed by atoms with E-state index >= 15 is 0 Å². The topological polar surface area (TPSA) is 75.3 Å². The van der Waals surface area contributed by atoms with E-state index in [1.165, 1.54) is 11.1 Å². The monoisotopic (exact) mass is 352 g/mol. The Balaban J connectivity index is 1.49. The van der Waals surface area contributed by atoms with Gasteiger partial charge in [0.1, 0.15) is 0 Å². The Labute approximate surface area is 152 Å². The summed E-state index contributed by atoms with van der Waals surface area (Å²) in [7, 11) is 0. The third kappa shape index (κ3) is 3.61. The van der Waals surface area contributed by atoms with Crippen molar-refractivity contribution in [1.82, 2.24) is 20.0 Å². The second-order valence-electron chi connectivity index (χ2n) is 7.44. The Hall–Kier alpha value is -2.31. The lowest BCUT2D eigenvalue weighted by atomic mass is 9.89. The van der Waals surface area contributed by atoms with E-state index in [-0.39, 0.29) is 0 Å². The van der Waals surface area contributed by atoms with Gasteiger partial charge in [0.2, 0.25) is 5.89 Å². The molecule has 1 aliphatic heterocycles. The van der Waals surface area contributed by atoms with Crippen LogP contribution in [0.1, 0.15) is 35.7 Å². The average molecular weight is 352 g/mol. The normalized spacial score (nSPS) is 21.3. The van der Waals surface area contributed by atoms with Gasteiger partial charge in [-0.1, -0.05) is 17.3 Å². The second kappa shape index (κ2) is 6.78. The van der Waals surface area contributed by atoms with Gasteiger partial charge in [-0.3, -0.25) is 9.88 Å². The molecule has 3 aromatic rings. The number of piperidine rings is 1. The predicted octanol–water partition coefficient (Wildman–Crippen LogP) is 2.80. The van der Waals surface area contributed by atoms with Crippen LogP contribution in [0.25, 0.3) is 10.9 Å². The van der Waals surface area contributed by atoms with Gasteiger partial charge in [0.15, 0.2) is 5.82 Å². The number of pyridine rings is 1. The fraction of sp³-hybridized carbons (Fsp3) is 0.450. The van der Waals surface area contributed by atoms with Crippen molar-refractivity contribution in [2.45, 2.75) is 45.3 Å². The summed E-state index contributed by atoms with van der Waals surface area (Å²) >= 11 is 0. The zero-order valence-corrected chi connectivity index (χ0v) is 15.3. The molecule has 3 heterocycles. The zero-order chi connectivity index (χ0) is 18.1. The van der Waals surface area contributed by atoms with Crippen LogP contribution in [0, 0.1) is 13.8 Å². The molecule has 6 heteroatoms. The number of likely N-dealkylation sites (tertiary alicyclic amines) is 1. The molecule has 136 valence electrons. The number of aryl methyl sites for hydroxylation is 2. The minimum absolute atomic E-state index is 0.408. The van der Waals surface area contributed by atoms with Crippen molar-refractivity contribution in [1.29, 1.82) is 0 Å². The van der Waals surface area contributed by atoms with Gasteiger partial charge in [0.25, 0.3) is 0 Å². The summed E-state index contributed by atoms with van der Waals surface area (Å²) in [6.45, 7) is 6.30. The van der Waals surface area contributed by atoms with Gasteiger partial charge < -0.3 is 9.63 Å². The molecular formula is C20H24N4O2. The van der Waals surface area contributed by atoms with Crippen molar-refractivity contribution < 1.29 is 9.63 Å². The van der Waals surface area contributed by atoms with Gasteiger partial charge in [-0.25, -0.2) is 0 Å². The third-order valence-electron chi connectivity index (χ3n) is 5.05. The largest absolute Gasteiger partial charge is 0.388 e. The molecule has 4 rings (SSSR count). The molecule has 1 aliphatic rings. The van der Waals surface area contributed by atoms with Gasteiger partial charge in [-0.2, -0.15) is 4.98 Å². The van der Waals surface area contributed by atoms with Crippen LogP contribution in [0.5, 0.6) is 0 Å². The Morgan fingerprint density at radius 2 is 2.19 bits per heavy atom. The van der Waals surface area contributed by atoms with E-state index < -0.39 is 5.60 Å². The van der Waals surface area contributed by atoms with E-state index in [2.05, 4.69) is 45.1 Å². The van der Waals surface area contributed by atoms with E-state index in [0.29, 0.717) is 24.7 Å². The van der Waals surface area contributed by atoms with Crippen LogP contribution in [0.3, 0.4) is 0 Å². The zero-order valence-electron chi connectivity index (χ0n) is 15.3. The first-order valence-electron chi connectivity index (χ1n) is 9.09. The van der Waals surface area contributed by atoms with Crippen LogP contribution in [-0.4, -0.2) is 43.8 Å². The van der Waals surface area contributed by atoms with Crippen molar-refractivity contribution in [3.05, 3.63) is 53.3 Å². The predicted molar refractivity (Wildman–Crippen MR) is 98.7 cm³/mol. The van der Waals surface area contributed by atoms with Crippen molar-refractivity contribution in [3.8, 4) is 0 Å². The molecule has 26 heavy (non-hydrogen) atoms. The van der Waals surface area contributed by atoms with Gasteiger partial charge in [0, 0.05) is 24.7 Å². The Bertz CT molecular complexity index is 923. The molecule has 1 unspecified atom stereocenters. The van der Waals surface area contributed by atoms with Crippen molar-refractivity contribution in [2.75, 3.05) is 13.1 Å². The van der Waals surface area contributed by atoms with Crippen LogP contribution in [0.4, 0.5) is 0 Å². The number of rotatable bonds is 4. The molecule has 6 nitrogen and oxygen atoms in total. The Morgan fingerprint density at radius 1 is 1.31 bits per heavy atom. The minimum atomic E-state index is -0.815. The van der Waals surface area contributed by atoms with Gasteiger partial charge in [0.05, 0.1) is 17.5 Å². The number of nitrogens with zero attached hydrogens (tertiary/aromatic N) is 4. The number of fused-ring (bicyclic) bond motifs is 1. The van der Waals surface area contributed by atoms with Crippen LogP contribution < -0.4 is 0 Å². The standard InChI is InChI=1S/C20H24N4O2/c1-14-9-16(10-17-5-3-7-21-19(14)17)12-24-8-4-6-20(25,13-24)11-18-22-15(2)23-26-18/h3,5,7,9-10,25H,4,6,8,11-13H2,1-2H3. The first kappa shape index (κ1) is 17.1. The molecule has 2 aromatic heterocycles. The maximum Gasteiger partial charge on any atom is 0.229 e. The fourth-order valence-electron chi connectivity index (χ4n) is 3.98. The Morgan fingerprint density at radius 3 is 3.00 bits per heavy atom. The molecule has 1 N–H and O–H groups in total. The van der Waals surface area contributed by atoms with E-state index in [0.717, 1.165) is 36.8 Å². The lowest BCUT2D eigenvalue weighted by Crippen LogP contribution is -2.49. The lowest BCUT2D eigenvalue weighted by molar-refractivity contribution is -0.0373. The molecule has 0 bridgehead atoms. The number of benzene rings is 1. The molecular weight excluding hydrogens is 328 g/mol. The third-order valence-corrected chi connectivity index (χ3v) is 5.05. The number of aliphatic hydroxyl groups is 1. The fourth-order valence-corrected chi connectivity index (χ4v) is 3.98. The van der Waals surface area contributed by atoms with Crippen LogP contribution in [0.15, 0.2) is 35.0 Å². The number of hydrogen-bond acceptors (Lipinski definition) is 6. The van der Waals surface area contributed by atoms with Crippen molar-refractivity contribution >= 4 is 10.9 Å². The van der Waals surface area contributed by atoms with E-state index in [1.807, 2.05) is 12.3 Å². The second-order valence-corrected chi connectivity index (χ2v) is 7.44. The molecule has 1 atom stereocenters. The van der Waals surface area contributed by atoms with E-state index in [4.69, 9.17) is 4.52 Å². The quantitative estimate of drug-likeness (QED) is 0.778. The lowest BCUT2D eigenvalue weighted by Gasteiger charge is -2.38. The first-order valence-corrected chi connectivity index (χ1v) is 9.09. The average Bonchev–Trinajstić information content (AvgIpc) is 2.99. The van der Waals surface area contributed by atoms with Gasteiger partial charge in [-0.05, 0) is 56.5 Å². The van der Waals surface area contributed by atoms with Crippen LogP contribution in [-0.2, 0) is 13.0 Å². The highest BCUT2D eigenvalue weighted by Crippen LogP contribution is 2.27. The smallest absolute Gasteiger partial charge is 0.229 e. The van der Waals surface area contributed by atoms with E-state index in [9.17, 15) is 5.11 Å². The maximum absolute atomic E-state index is 11.0. The summed E-state index contributed by atoms with van der Waals surface area (Å²) < 4.78 is 5.20. The summed E-state index contributed by atoms with van der Waals surface area (Å²) in [5.41, 5.74) is 2.68. The highest BCUT2D eigenvalue weighted by Gasteiger charge is 2.35. The molecule has 0 saturated carbocycles. The summed E-state index contributed by atoms with van der Waals surface area (Å²) in [5.74, 6) is 1.12. The van der Waals surface area contributed by atoms with Crippen LogP contribution in [0.2, 0.25) is 0 Å². The van der Waals surface area contributed by atoms with Gasteiger partial charge in [-0.15, -0.1) is 0 Å². The SMILES string of the molecule is Cc1noc(CC2(O)CCCN(Cc3cc(C)c4ncccc4c3)C2)n1. The summed E-state index contributed by atoms with van der Waals surface area (Å²) in [5, 5.41) is 16.0. The number of β-amino-alcohol motifs (C(OH)–C–C–N with tert-alkyl or cyclic N) is 1. The molecule has 1 fully saturated rings. The highest BCUT2D eigenvalue weighted by molar-refractivity contribution is 5.82.